The van der Waals surface area contributed by atoms with Crippen molar-refractivity contribution in [3.63, 3.8) is 0 Å². The first kappa shape index (κ1) is 22.2. The Morgan fingerprint density at radius 3 is 2.39 bits per heavy atom. The maximum absolute atomic E-state index is 13.0. The first-order valence-corrected chi connectivity index (χ1v) is 9.63. The van der Waals surface area contributed by atoms with Gasteiger partial charge in [0.05, 0.1) is 32.4 Å². The highest BCUT2D eigenvalue weighted by Gasteiger charge is 2.46. The lowest BCUT2D eigenvalue weighted by Gasteiger charge is -2.25. The number of aromatic hydroxyl groups is 1. The van der Waals surface area contributed by atoms with Crippen molar-refractivity contribution in [3.8, 4) is 17.2 Å². The number of ether oxygens (including phenoxy) is 3. The number of amides is 1. The molecule has 3 rings (SSSR count). The van der Waals surface area contributed by atoms with Crippen LogP contribution in [0.1, 0.15) is 22.7 Å². The number of hydrogen-bond acceptors (Lipinski definition) is 7. The van der Waals surface area contributed by atoms with E-state index in [4.69, 9.17) is 14.2 Å². The number of aryl methyl sites for hydroxylation is 1. The predicted molar refractivity (Wildman–Crippen MR) is 113 cm³/mol. The van der Waals surface area contributed by atoms with Crippen molar-refractivity contribution >= 4 is 17.4 Å². The Morgan fingerprint density at radius 1 is 1.06 bits per heavy atom. The number of Topliss-reactive ketones (excluding diaryl/α,β-unsaturated/α-hetero) is 1. The van der Waals surface area contributed by atoms with E-state index < -0.39 is 17.7 Å². The second-order valence-corrected chi connectivity index (χ2v) is 7.10. The van der Waals surface area contributed by atoms with Crippen molar-refractivity contribution in [1.29, 1.82) is 0 Å². The summed E-state index contributed by atoms with van der Waals surface area (Å²) in [6.07, 6.45) is 0. The molecule has 1 atom stereocenters. The van der Waals surface area contributed by atoms with E-state index >= 15 is 0 Å². The van der Waals surface area contributed by atoms with E-state index in [0.29, 0.717) is 22.4 Å². The van der Waals surface area contributed by atoms with Crippen molar-refractivity contribution in [2.75, 3.05) is 34.5 Å². The Hall–Kier alpha value is -3.52. The summed E-state index contributed by atoms with van der Waals surface area (Å²) in [5.74, 6) is -1.12. The second-order valence-electron chi connectivity index (χ2n) is 7.10. The molecule has 0 radical (unpaired) electrons. The van der Waals surface area contributed by atoms with Crippen molar-refractivity contribution in [2.45, 2.75) is 13.0 Å². The lowest BCUT2D eigenvalue weighted by Crippen LogP contribution is -2.32. The number of benzene rings is 2. The Kier molecular flexibility index (Phi) is 6.50. The number of aliphatic hydroxyl groups excluding tert-OH is 1. The molecule has 0 saturated carbocycles. The number of phenols is 1. The maximum Gasteiger partial charge on any atom is 0.295 e. The van der Waals surface area contributed by atoms with Crippen molar-refractivity contribution in [1.82, 2.24) is 4.90 Å². The van der Waals surface area contributed by atoms with Crippen LogP contribution in [-0.4, -0.2) is 61.3 Å². The Bertz CT molecular complexity index is 1040. The number of phenolic OH excluding ortho intramolecular Hbond substituents is 1. The van der Waals surface area contributed by atoms with Gasteiger partial charge in [0.15, 0.2) is 11.5 Å². The zero-order valence-corrected chi connectivity index (χ0v) is 17.8. The van der Waals surface area contributed by atoms with Gasteiger partial charge in [0.1, 0.15) is 11.5 Å². The van der Waals surface area contributed by atoms with E-state index in [0.717, 1.165) is 0 Å². The van der Waals surface area contributed by atoms with E-state index in [-0.39, 0.29) is 36.0 Å². The molecule has 1 aliphatic heterocycles. The molecule has 0 spiro atoms. The number of likely N-dealkylation sites (tertiary alicyclic amines) is 1. The number of hydrogen-bond donors (Lipinski definition) is 2. The topological polar surface area (TPSA) is 106 Å². The van der Waals surface area contributed by atoms with Gasteiger partial charge in [-0.05, 0) is 48.4 Å². The van der Waals surface area contributed by atoms with Crippen LogP contribution < -0.4 is 9.47 Å². The van der Waals surface area contributed by atoms with Gasteiger partial charge in [0.2, 0.25) is 0 Å². The minimum absolute atomic E-state index is 0.0565. The highest BCUT2D eigenvalue weighted by atomic mass is 16.5. The number of carbonyl (C=O) groups excluding carboxylic acids is 2. The first-order chi connectivity index (χ1) is 14.8. The summed E-state index contributed by atoms with van der Waals surface area (Å²) >= 11 is 0. The lowest BCUT2D eigenvalue weighted by molar-refractivity contribution is -0.140. The van der Waals surface area contributed by atoms with E-state index in [2.05, 4.69) is 0 Å². The molecular weight excluding hydrogens is 402 g/mol. The molecule has 31 heavy (non-hydrogen) atoms. The number of methoxy groups -OCH3 is 3. The molecule has 0 aromatic heterocycles. The molecule has 8 heteroatoms. The van der Waals surface area contributed by atoms with Gasteiger partial charge in [0.25, 0.3) is 11.7 Å². The van der Waals surface area contributed by atoms with Crippen molar-refractivity contribution in [2.24, 2.45) is 0 Å². The van der Waals surface area contributed by atoms with Crippen LogP contribution in [0.4, 0.5) is 0 Å². The van der Waals surface area contributed by atoms with E-state index in [1.165, 1.54) is 32.3 Å². The van der Waals surface area contributed by atoms with Crippen LogP contribution in [0.2, 0.25) is 0 Å². The van der Waals surface area contributed by atoms with Gasteiger partial charge in [-0.2, -0.15) is 0 Å². The summed E-state index contributed by atoms with van der Waals surface area (Å²) in [5.41, 5.74) is 1.49. The normalized spacial score (nSPS) is 17.8. The minimum atomic E-state index is -0.895. The van der Waals surface area contributed by atoms with Gasteiger partial charge in [-0.15, -0.1) is 0 Å². The van der Waals surface area contributed by atoms with Crippen LogP contribution in [0.15, 0.2) is 42.0 Å². The fraction of sp³-hybridized carbons (Fsp3) is 0.304. The zero-order chi connectivity index (χ0) is 22.7. The molecular formula is C23H25NO7. The Labute approximate surface area is 180 Å². The molecule has 0 aliphatic carbocycles. The van der Waals surface area contributed by atoms with Gasteiger partial charge in [-0.3, -0.25) is 9.59 Å². The summed E-state index contributed by atoms with van der Waals surface area (Å²) in [7, 11) is 4.45. The summed E-state index contributed by atoms with van der Waals surface area (Å²) in [4.78, 5) is 27.1. The monoisotopic (exact) mass is 427 g/mol. The van der Waals surface area contributed by atoms with Gasteiger partial charge in [0, 0.05) is 19.2 Å². The van der Waals surface area contributed by atoms with Gasteiger partial charge >= 0.3 is 0 Å². The molecule has 164 valence electrons. The summed E-state index contributed by atoms with van der Waals surface area (Å²) in [6, 6.07) is 8.73. The molecule has 1 amide bonds. The third kappa shape index (κ3) is 4.06. The van der Waals surface area contributed by atoms with Crippen LogP contribution in [0.25, 0.3) is 5.76 Å². The number of nitrogens with zero attached hydrogens (tertiary/aromatic N) is 1. The first-order valence-electron chi connectivity index (χ1n) is 9.63. The van der Waals surface area contributed by atoms with E-state index in [9.17, 15) is 19.8 Å². The fourth-order valence-corrected chi connectivity index (χ4v) is 3.70. The molecule has 2 aromatic rings. The third-order valence-corrected chi connectivity index (χ3v) is 5.28. The number of ketones is 1. The molecule has 8 nitrogen and oxygen atoms in total. The summed E-state index contributed by atoms with van der Waals surface area (Å²) < 4.78 is 15.4. The average molecular weight is 427 g/mol. The van der Waals surface area contributed by atoms with E-state index in [1.807, 2.05) is 0 Å². The van der Waals surface area contributed by atoms with Gasteiger partial charge in [-0.1, -0.05) is 6.07 Å². The van der Waals surface area contributed by atoms with Crippen molar-refractivity contribution in [3.05, 3.63) is 58.7 Å². The molecule has 1 saturated heterocycles. The fourth-order valence-electron chi connectivity index (χ4n) is 3.70. The molecule has 1 fully saturated rings. The lowest BCUT2D eigenvalue weighted by atomic mass is 9.93. The predicted octanol–water partition coefficient (Wildman–Crippen LogP) is 2.79. The van der Waals surface area contributed by atoms with E-state index in [1.54, 1.807) is 37.3 Å². The third-order valence-electron chi connectivity index (χ3n) is 5.28. The largest absolute Gasteiger partial charge is 0.507 e. The molecule has 1 heterocycles. The van der Waals surface area contributed by atoms with Crippen LogP contribution in [0, 0.1) is 6.92 Å². The molecule has 2 aromatic carbocycles. The number of rotatable bonds is 7. The van der Waals surface area contributed by atoms with Crippen LogP contribution >= 0.6 is 0 Å². The second kappa shape index (κ2) is 9.09. The average Bonchev–Trinajstić information content (AvgIpc) is 3.01. The quantitative estimate of drug-likeness (QED) is 0.398. The Balaban J connectivity index is 2.20. The van der Waals surface area contributed by atoms with Crippen LogP contribution in [-0.2, 0) is 14.3 Å². The maximum atomic E-state index is 13.0. The molecule has 1 unspecified atom stereocenters. The van der Waals surface area contributed by atoms with Crippen LogP contribution in [0.3, 0.4) is 0 Å². The van der Waals surface area contributed by atoms with Gasteiger partial charge in [-0.25, -0.2) is 0 Å². The highest BCUT2D eigenvalue weighted by Crippen LogP contribution is 2.42. The summed E-state index contributed by atoms with van der Waals surface area (Å²) in [5, 5.41) is 21.4. The number of carbonyl (C=O) groups is 2. The molecule has 1 aliphatic rings. The summed E-state index contributed by atoms with van der Waals surface area (Å²) in [6.45, 7) is 2.11. The Morgan fingerprint density at radius 2 is 1.81 bits per heavy atom. The molecule has 0 bridgehead atoms. The number of aliphatic hydroxyl groups is 1. The smallest absolute Gasteiger partial charge is 0.295 e. The molecule has 2 N–H and O–H groups in total. The van der Waals surface area contributed by atoms with Gasteiger partial charge < -0.3 is 29.3 Å². The highest BCUT2D eigenvalue weighted by molar-refractivity contribution is 6.46. The SMILES string of the molecule is COCCN1C(=O)C(=O)/C(=C(\O)c2ccc(OC)cc2C)C1c1ccc(OC)c(O)c1. The van der Waals surface area contributed by atoms with Crippen molar-refractivity contribution < 1.29 is 34.0 Å². The minimum Gasteiger partial charge on any atom is -0.507 e. The van der Waals surface area contributed by atoms with Crippen LogP contribution in [0.5, 0.6) is 17.2 Å². The standard InChI is InChI=1S/C23H25NO7/c1-13-11-15(30-3)6-7-16(13)21(26)19-20(14-5-8-18(31-4)17(25)12-14)24(9-10-29-2)23(28)22(19)27/h5-8,11-12,20,25-26H,9-10H2,1-4H3/b21-19-. The zero-order valence-electron chi connectivity index (χ0n) is 17.8.